The zero-order valence-corrected chi connectivity index (χ0v) is 23.3. The second-order valence-electron chi connectivity index (χ2n) is 9.89. The number of nitrogens with one attached hydrogen (secondary N) is 2. The fourth-order valence-corrected chi connectivity index (χ4v) is 5.22. The molecule has 0 saturated heterocycles. The highest BCUT2D eigenvalue weighted by Crippen LogP contribution is 2.36. The second kappa shape index (κ2) is 12.3. The van der Waals surface area contributed by atoms with Crippen LogP contribution in [0, 0.1) is 12.8 Å². The van der Waals surface area contributed by atoms with Crippen LogP contribution in [0.2, 0.25) is 0 Å². The third-order valence-corrected chi connectivity index (χ3v) is 7.74. The molecule has 2 N–H and O–H groups in total. The highest BCUT2D eigenvalue weighted by Gasteiger charge is 2.25. The minimum Gasteiger partial charge on any atom is -0.462 e. The molecule has 204 valence electrons. The van der Waals surface area contributed by atoms with Gasteiger partial charge in [0.25, 0.3) is 5.91 Å². The number of aryl methyl sites for hydroxylation is 1. The number of anilines is 2. The summed E-state index contributed by atoms with van der Waals surface area (Å²) in [7, 11) is 0. The Balaban J connectivity index is 1.43. The first-order valence-electron chi connectivity index (χ1n) is 13.4. The van der Waals surface area contributed by atoms with Gasteiger partial charge < -0.3 is 15.4 Å². The highest BCUT2D eigenvalue weighted by atomic mass is 32.1. The van der Waals surface area contributed by atoms with E-state index in [1.165, 1.54) is 11.3 Å². The van der Waals surface area contributed by atoms with E-state index in [1.807, 2.05) is 55.5 Å². The normalized spacial score (nSPS) is 12.6. The van der Waals surface area contributed by atoms with Gasteiger partial charge in [0.2, 0.25) is 0 Å². The van der Waals surface area contributed by atoms with Crippen molar-refractivity contribution >= 4 is 39.8 Å². The molecule has 0 atom stereocenters. The van der Waals surface area contributed by atoms with Gasteiger partial charge in [0.05, 0.1) is 17.9 Å². The Morgan fingerprint density at radius 2 is 1.70 bits per heavy atom. The Kier molecular flexibility index (Phi) is 8.36. The Hall–Kier alpha value is -4.30. The number of hydrogen-bond acceptors (Lipinski definition) is 7. The third-order valence-electron chi connectivity index (χ3n) is 6.77. The van der Waals surface area contributed by atoms with Crippen molar-refractivity contribution in [2.75, 3.05) is 11.9 Å². The number of amides is 1. The monoisotopic (exact) mass is 553 g/mol. The van der Waals surface area contributed by atoms with Gasteiger partial charge in [0.15, 0.2) is 10.9 Å². The summed E-state index contributed by atoms with van der Waals surface area (Å²) >= 11 is 1.24. The summed E-state index contributed by atoms with van der Waals surface area (Å²) < 4.78 is 5.09. The molecule has 5 rings (SSSR count). The van der Waals surface area contributed by atoms with Gasteiger partial charge in [-0.3, -0.25) is 9.59 Å². The molecule has 1 aliphatic rings. The van der Waals surface area contributed by atoms with Gasteiger partial charge in [-0.1, -0.05) is 65.9 Å². The number of carbonyl (C=O) groups is 3. The van der Waals surface area contributed by atoms with Crippen LogP contribution in [0.15, 0.2) is 72.8 Å². The van der Waals surface area contributed by atoms with Crippen LogP contribution in [0.25, 0.3) is 11.3 Å². The summed E-state index contributed by atoms with van der Waals surface area (Å²) in [6, 6.07) is 22.2. The maximum atomic E-state index is 13.4. The largest absolute Gasteiger partial charge is 0.462 e. The lowest BCUT2D eigenvalue weighted by Gasteiger charge is -2.09. The number of ketones is 1. The quantitative estimate of drug-likeness (QED) is 0.154. The second-order valence-corrected chi connectivity index (χ2v) is 10.9. The molecule has 0 radical (unpaired) electrons. The zero-order valence-electron chi connectivity index (χ0n) is 22.5. The van der Waals surface area contributed by atoms with Gasteiger partial charge in [0.1, 0.15) is 4.88 Å². The lowest BCUT2D eigenvalue weighted by molar-refractivity contribution is 0.0526. The van der Waals surface area contributed by atoms with E-state index in [4.69, 9.17) is 9.72 Å². The van der Waals surface area contributed by atoms with Crippen LogP contribution in [0.5, 0.6) is 0 Å². The van der Waals surface area contributed by atoms with Gasteiger partial charge >= 0.3 is 5.97 Å². The van der Waals surface area contributed by atoms with Gasteiger partial charge in [-0.2, -0.15) is 0 Å². The molecule has 7 nitrogen and oxygen atoms in total. The first-order valence-corrected chi connectivity index (χ1v) is 14.2. The van der Waals surface area contributed by atoms with Crippen molar-refractivity contribution in [1.29, 1.82) is 0 Å². The first kappa shape index (κ1) is 27.3. The smallest absolute Gasteiger partial charge is 0.338 e. The SMILES string of the molecule is CCOC(=O)c1ccc(-c2nc(Nc3cc(C(=O)CC4CC4)ccc3C)sc2C(=O)NCc2ccccc2)cc1. The summed E-state index contributed by atoms with van der Waals surface area (Å²) in [5, 5.41) is 6.87. The van der Waals surface area contributed by atoms with Crippen molar-refractivity contribution in [3.05, 3.63) is 99.9 Å². The Labute approximate surface area is 237 Å². The molecule has 1 heterocycles. The van der Waals surface area contributed by atoms with E-state index in [1.54, 1.807) is 31.2 Å². The summed E-state index contributed by atoms with van der Waals surface area (Å²) in [6.45, 7) is 4.40. The number of nitrogens with zero attached hydrogens (tertiary/aromatic N) is 1. The van der Waals surface area contributed by atoms with Crippen molar-refractivity contribution in [3.8, 4) is 11.3 Å². The molecule has 40 heavy (non-hydrogen) atoms. The Morgan fingerprint density at radius 3 is 2.40 bits per heavy atom. The summed E-state index contributed by atoms with van der Waals surface area (Å²) in [5.74, 6) is 0.0120. The van der Waals surface area contributed by atoms with Crippen LogP contribution in [0.3, 0.4) is 0 Å². The molecule has 0 spiro atoms. The molecule has 1 fully saturated rings. The lowest BCUT2D eigenvalue weighted by atomic mass is 10.0. The van der Waals surface area contributed by atoms with E-state index in [0.717, 1.165) is 29.7 Å². The predicted octanol–water partition coefficient (Wildman–Crippen LogP) is 6.95. The number of rotatable bonds is 11. The minimum absolute atomic E-state index is 0.146. The van der Waals surface area contributed by atoms with Crippen LogP contribution in [0.1, 0.15) is 67.7 Å². The van der Waals surface area contributed by atoms with Crippen molar-refractivity contribution in [3.63, 3.8) is 0 Å². The van der Waals surface area contributed by atoms with Crippen molar-refractivity contribution in [1.82, 2.24) is 10.3 Å². The molecule has 1 aliphatic carbocycles. The molecule has 1 saturated carbocycles. The number of carbonyl (C=O) groups excluding carboxylic acids is 3. The van der Waals surface area contributed by atoms with Crippen LogP contribution in [-0.4, -0.2) is 29.3 Å². The molecule has 1 aromatic heterocycles. The Morgan fingerprint density at radius 1 is 0.975 bits per heavy atom. The lowest BCUT2D eigenvalue weighted by Crippen LogP contribution is -2.22. The maximum absolute atomic E-state index is 13.4. The van der Waals surface area contributed by atoms with Crippen molar-refractivity contribution in [2.45, 2.75) is 39.7 Å². The highest BCUT2D eigenvalue weighted by molar-refractivity contribution is 7.18. The number of aromatic nitrogens is 1. The molecular formula is C32H31N3O4S. The number of Topliss-reactive ketones (excluding diaryl/α,β-unsaturated/α-hetero) is 1. The summed E-state index contributed by atoms with van der Waals surface area (Å²) in [5.41, 5.74) is 5.04. The van der Waals surface area contributed by atoms with Gasteiger partial charge in [-0.05, 0) is 61.9 Å². The fourth-order valence-electron chi connectivity index (χ4n) is 4.31. The molecular weight excluding hydrogens is 522 g/mol. The average molecular weight is 554 g/mol. The van der Waals surface area contributed by atoms with Gasteiger partial charge in [-0.25, -0.2) is 9.78 Å². The van der Waals surface area contributed by atoms with E-state index >= 15 is 0 Å². The molecule has 8 heteroatoms. The Bertz CT molecular complexity index is 1530. The molecule has 0 aliphatic heterocycles. The molecule has 0 bridgehead atoms. The number of esters is 1. The predicted molar refractivity (Wildman–Crippen MR) is 157 cm³/mol. The van der Waals surface area contributed by atoms with Crippen LogP contribution < -0.4 is 10.6 Å². The minimum atomic E-state index is -0.401. The van der Waals surface area contributed by atoms with E-state index in [9.17, 15) is 14.4 Å². The summed E-state index contributed by atoms with van der Waals surface area (Å²) in [4.78, 5) is 43.5. The molecule has 3 aromatic carbocycles. The molecule has 4 aromatic rings. The molecule has 0 unspecified atom stereocenters. The van der Waals surface area contributed by atoms with E-state index in [0.29, 0.717) is 57.9 Å². The van der Waals surface area contributed by atoms with Crippen LogP contribution in [-0.2, 0) is 11.3 Å². The third kappa shape index (κ3) is 6.63. The van der Waals surface area contributed by atoms with Crippen molar-refractivity contribution < 1.29 is 19.1 Å². The standard InChI is InChI=1S/C32H31N3O4S/c1-3-39-31(38)24-15-13-23(14-16-24)28-29(30(37)33-19-22-7-5-4-6-8-22)40-32(35-28)34-26-18-25(12-9-20(26)2)27(36)17-21-10-11-21/h4-9,12-16,18,21H,3,10-11,17,19H2,1-2H3,(H,33,37)(H,34,35). The first-order chi connectivity index (χ1) is 19.4. The van der Waals surface area contributed by atoms with Crippen LogP contribution in [0.4, 0.5) is 10.8 Å². The summed E-state index contributed by atoms with van der Waals surface area (Å²) in [6.07, 6.45) is 2.83. The fraction of sp³-hybridized carbons (Fsp3) is 0.250. The van der Waals surface area contributed by atoms with E-state index < -0.39 is 5.97 Å². The number of thiazole rings is 1. The molecule has 1 amide bonds. The van der Waals surface area contributed by atoms with Gasteiger partial charge in [0, 0.05) is 29.8 Å². The van der Waals surface area contributed by atoms with E-state index in [-0.39, 0.29) is 11.7 Å². The number of ether oxygens (including phenoxy) is 1. The maximum Gasteiger partial charge on any atom is 0.338 e. The topological polar surface area (TPSA) is 97.4 Å². The number of hydrogen-bond donors (Lipinski definition) is 2. The van der Waals surface area contributed by atoms with Gasteiger partial charge in [-0.15, -0.1) is 0 Å². The zero-order chi connectivity index (χ0) is 28.1. The van der Waals surface area contributed by atoms with Crippen LogP contribution >= 0.6 is 11.3 Å². The average Bonchev–Trinajstić information content (AvgIpc) is 3.69. The van der Waals surface area contributed by atoms with Crippen molar-refractivity contribution in [2.24, 2.45) is 5.92 Å². The number of benzene rings is 3. The van der Waals surface area contributed by atoms with E-state index in [2.05, 4.69) is 10.6 Å².